The van der Waals surface area contributed by atoms with Crippen molar-refractivity contribution in [3.8, 4) is 0 Å². The van der Waals surface area contributed by atoms with E-state index in [9.17, 15) is 0 Å². The maximum Gasteiger partial charge on any atom is 0.172 e. The quantitative estimate of drug-likeness (QED) is 0.204. The van der Waals surface area contributed by atoms with Gasteiger partial charge in [-0.15, -0.1) is 0 Å². The summed E-state index contributed by atoms with van der Waals surface area (Å²) >= 11 is 0. The van der Waals surface area contributed by atoms with Gasteiger partial charge in [-0.3, -0.25) is 0 Å². The summed E-state index contributed by atoms with van der Waals surface area (Å²) in [4.78, 5) is 0. The summed E-state index contributed by atoms with van der Waals surface area (Å²) in [6, 6.07) is 40.5. The third-order valence-electron chi connectivity index (χ3n) is 7.87. The number of benzene rings is 5. The first-order chi connectivity index (χ1) is 17.0. The predicted octanol–water partition coefficient (Wildman–Crippen LogP) is 6.22. The van der Waals surface area contributed by atoms with Crippen LogP contribution in [0.25, 0.3) is 21.5 Å². The van der Waals surface area contributed by atoms with Crippen LogP contribution in [0, 0.1) is 0 Å². The van der Waals surface area contributed by atoms with E-state index in [0.29, 0.717) is 0 Å². The Bertz CT molecular complexity index is 1760. The minimum absolute atomic E-state index is 0.907. The van der Waals surface area contributed by atoms with Gasteiger partial charge < -0.3 is 4.57 Å². The van der Waals surface area contributed by atoms with Gasteiger partial charge >= 0.3 is 0 Å². The van der Waals surface area contributed by atoms with Crippen LogP contribution in [0.1, 0.15) is 16.7 Å². The fourth-order valence-electron chi connectivity index (χ4n) is 6.28. The Kier molecular flexibility index (Phi) is 4.34. The number of rotatable bonds is 1. The lowest BCUT2D eigenvalue weighted by atomic mass is 9.96. The van der Waals surface area contributed by atoms with E-state index >= 15 is 4.57 Å². The van der Waals surface area contributed by atoms with Gasteiger partial charge in [-0.25, -0.2) is 0 Å². The van der Waals surface area contributed by atoms with E-state index in [1.807, 2.05) is 6.07 Å². The van der Waals surface area contributed by atoms with Crippen LogP contribution in [0.15, 0.2) is 115 Å². The van der Waals surface area contributed by atoms with Crippen LogP contribution in [0.3, 0.4) is 0 Å². The normalized spacial score (nSPS) is 19.5. The van der Waals surface area contributed by atoms with Crippen molar-refractivity contribution in [3.63, 3.8) is 0 Å². The topological polar surface area (TPSA) is 17.1 Å². The van der Waals surface area contributed by atoms with E-state index in [1.165, 1.54) is 32.5 Å². The van der Waals surface area contributed by atoms with Crippen LogP contribution in [0.4, 0.5) is 0 Å². The summed E-state index contributed by atoms with van der Waals surface area (Å²) in [5, 5.41) is 8.01. The molecule has 2 heterocycles. The zero-order valence-electron chi connectivity index (χ0n) is 19.8. The van der Waals surface area contributed by atoms with Crippen molar-refractivity contribution in [1.29, 1.82) is 0 Å². The Morgan fingerprint density at radius 2 is 1.14 bits per heavy atom. The van der Waals surface area contributed by atoms with E-state index in [0.717, 1.165) is 26.9 Å². The molecule has 0 radical (unpaired) electrons. The minimum Gasteiger partial charge on any atom is -0.309 e. The molecule has 0 saturated heterocycles. The SMILES string of the molecule is C[Si]1(C)C2=C(c3ccccc31)c1ccccc1P(=O)(c1ccc3ccccc3c1)c1ccccc12. The molecule has 35 heavy (non-hydrogen) atoms. The highest BCUT2D eigenvalue weighted by Crippen LogP contribution is 2.53. The van der Waals surface area contributed by atoms with Gasteiger partial charge in [0.1, 0.15) is 8.07 Å². The zero-order valence-corrected chi connectivity index (χ0v) is 21.7. The summed E-state index contributed by atoms with van der Waals surface area (Å²) in [6.07, 6.45) is 0. The largest absolute Gasteiger partial charge is 0.309 e. The highest BCUT2D eigenvalue weighted by molar-refractivity contribution is 7.85. The van der Waals surface area contributed by atoms with Gasteiger partial charge in [-0.05, 0) is 49.5 Å². The Hall–Kier alpha value is -3.45. The van der Waals surface area contributed by atoms with E-state index < -0.39 is 15.2 Å². The Balaban J connectivity index is 1.65. The number of hydrogen-bond acceptors (Lipinski definition) is 1. The maximum atomic E-state index is 15.7. The van der Waals surface area contributed by atoms with Crippen LogP contribution in [0.5, 0.6) is 0 Å². The summed E-state index contributed by atoms with van der Waals surface area (Å²) in [5.41, 5.74) is 4.90. The Morgan fingerprint density at radius 1 is 0.571 bits per heavy atom. The Morgan fingerprint density at radius 3 is 1.91 bits per heavy atom. The lowest BCUT2D eigenvalue weighted by Gasteiger charge is -2.27. The second-order valence-corrected chi connectivity index (χ2v) is 17.1. The number of fused-ring (bicyclic) bond motifs is 7. The molecule has 0 N–H and O–H groups in total. The molecule has 0 aliphatic carbocycles. The fourth-order valence-corrected chi connectivity index (χ4v) is 12.9. The van der Waals surface area contributed by atoms with E-state index in [1.54, 1.807) is 0 Å². The van der Waals surface area contributed by atoms with Gasteiger partial charge in [-0.1, -0.05) is 122 Å². The second kappa shape index (κ2) is 7.27. The Labute approximate surface area is 207 Å². The molecule has 0 bridgehead atoms. The average Bonchev–Trinajstić information content (AvgIpc) is 3.08. The lowest BCUT2D eigenvalue weighted by Crippen LogP contribution is -2.42. The number of hydrogen-bond donors (Lipinski definition) is 0. The fraction of sp³-hybridized carbons (Fsp3) is 0.0625. The first-order valence-electron chi connectivity index (χ1n) is 12.2. The average molecular weight is 485 g/mol. The predicted molar refractivity (Wildman–Crippen MR) is 153 cm³/mol. The standard InChI is InChI=1S/C32H25OPSi/c1-35(2)30-18-10-7-15-27(30)31-25-13-5-8-16-28(25)34(33,29-17-9-6-14-26(29)32(31)35)24-20-19-22-11-3-4-12-23(22)21-24/h3-21H,1-2H3. The first kappa shape index (κ1) is 20.9. The molecule has 7 rings (SSSR count). The molecular formula is C32H25OPSi. The molecular weight excluding hydrogens is 459 g/mol. The van der Waals surface area contributed by atoms with Crippen molar-refractivity contribution in [2.75, 3.05) is 0 Å². The van der Waals surface area contributed by atoms with Crippen LogP contribution in [-0.2, 0) is 4.57 Å². The molecule has 0 amide bonds. The van der Waals surface area contributed by atoms with Crippen molar-refractivity contribution in [3.05, 3.63) is 132 Å². The molecule has 3 heteroatoms. The lowest BCUT2D eigenvalue weighted by molar-refractivity contribution is 0.592. The molecule has 2 aliphatic rings. The molecule has 0 fully saturated rings. The summed E-state index contributed by atoms with van der Waals surface area (Å²) in [7, 11) is -5.16. The molecule has 5 aromatic rings. The highest BCUT2D eigenvalue weighted by Gasteiger charge is 2.47. The summed E-state index contributed by atoms with van der Waals surface area (Å²) < 4.78 is 15.7. The third-order valence-corrected chi connectivity index (χ3v) is 14.6. The molecule has 0 saturated carbocycles. The molecule has 2 aliphatic heterocycles. The molecule has 0 spiro atoms. The zero-order chi connectivity index (χ0) is 23.8. The third kappa shape index (κ3) is 2.73. The van der Waals surface area contributed by atoms with Crippen molar-refractivity contribution in [1.82, 2.24) is 0 Å². The van der Waals surface area contributed by atoms with E-state index in [4.69, 9.17) is 0 Å². The minimum atomic E-state index is -3.14. The van der Waals surface area contributed by atoms with Crippen LogP contribution in [0.2, 0.25) is 13.1 Å². The van der Waals surface area contributed by atoms with Gasteiger partial charge in [0.05, 0.1) is 0 Å². The van der Waals surface area contributed by atoms with Gasteiger partial charge in [0.15, 0.2) is 7.14 Å². The van der Waals surface area contributed by atoms with Crippen LogP contribution in [-0.4, -0.2) is 8.07 Å². The summed E-state index contributed by atoms with van der Waals surface area (Å²) in [6.45, 7) is 4.89. The van der Waals surface area contributed by atoms with Gasteiger partial charge in [0.25, 0.3) is 0 Å². The molecule has 1 nitrogen and oxygen atoms in total. The van der Waals surface area contributed by atoms with Gasteiger partial charge in [-0.2, -0.15) is 0 Å². The van der Waals surface area contributed by atoms with Crippen molar-refractivity contribution >= 4 is 57.9 Å². The van der Waals surface area contributed by atoms with Gasteiger partial charge in [0.2, 0.25) is 0 Å². The van der Waals surface area contributed by atoms with Crippen LogP contribution >= 0.6 is 7.14 Å². The molecule has 168 valence electrons. The molecule has 1 atom stereocenters. The smallest absolute Gasteiger partial charge is 0.172 e. The highest BCUT2D eigenvalue weighted by atomic mass is 31.2. The first-order valence-corrected chi connectivity index (χ1v) is 16.9. The van der Waals surface area contributed by atoms with Gasteiger partial charge in [0, 0.05) is 15.9 Å². The van der Waals surface area contributed by atoms with Crippen molar-refractivity contribution in [2.24, 2.45) is 0 Å². The van der Waals surface area contributed by atoms with E-state index in [2.05, 4.69) is 122 Å². The van der Waals surface area contributed by atoms with E-state index in [-0.39, 0.29) is 0 Å². The monoisotopic (exact) mass is 484 g/mol. The maximum absolute atomic E-state index is 15.7. The molecule has 0 aromatic heterocycles. The van der Waals surface area contributed by atoms with Crippen LogP contribution < -0.4 is 21.1 Å². The van der Waals surface area contributed by atoms with Crippen molar-refractivity contribution in [2.45, 2.75) is 13.1 Å². The summed E-state index contributed by atoms with van der Waals surface area (Å²) in [5.74, 6) is 0. The molecule has 1 unspecified atom stereocenters. The molecule has 5 aromatic carbocycles. The second-order valence-electron chi connectivity index (χ2n) is 10.1. The van der Waals surface area contributed by atoms with Crippen molar-refractivity contribution < 1.29 is 4.57 Å².